The summed E-state index contributed by atoms with van der Waals surface area (Å²) >= 11 is 0. The molecular weight excluding hydrogens is 140 g/mol. The van der Waals surface area contributed by atoms with Gasteiger partial charge >= 0.3 is 0 Å². The molecule has 0 aromatic carbocycles. The van der Waals surface area contributed by atoms with Crippen molar-refractivity contribution in [3.8, 4) is 0 Å². The molecule has 0 bridgehead atoms. The van der Waals surface area contributed by atoms with E-state index in [1.807, 2.05) is 34.6 Å². The summed E-state index contributed by atoms with van der Waals surface area (Å²) in [4.78, 5) is 0. The lowest BCUT2D eigenvalue weighted by Crippen LogP contribution is -2.34. The van der Waals surface area contributed by atoms with Gasteiger partial charge in [-0.2, -0.15) is 0 Å². The van der Waals surface area contributed by atoms with Crippen molar-refractivity contribution in [3.05, 3.63) is 0 Å². The Morgan fingerprint density at radius 3 is 1.64 bits per heavy atom. The molecule has 1 fully saturated rings. The van der Waals surface area contributed by atoms with Crippen LogP contribution >= 0.6 is 0 Å². The highest BCUT2D eigenvalue weighted by Gasteiger charge is 2.50. The third kappa shape index (κ3) is 1.30. The fraction of sp³-hybridized carbons (Fsp3) is 1.00. The number of aliphatic hydroxyl groups is 1. The summed E-state index contributed by atoms with van der Waals surface area (Å²) in [6.07, 6.45) is -0.350. The van der Waals surface area contributed by atoms with E-state index in [0.29, 0.717) is 0 Å². The van der Waals surface area contributed by atoms with Crippen LogP contribution in [-0.4, -0.2) is 22.4 Å². The average molecular weight is 158 g/mol. The number of ether oxygens (including phenoxy) is 1. The predicted octanol–water partition coefficient (Wildman–Crippen LogP) is 1.57. The van der Waals surface area contributed by atoms with Gasteiger partial charge in [-0.3, -0.25) is 0 Å². The van der Waals surface area contributed by atoms with Crippen molar-refractivity contribution < 1.29 is 9.84 Å². The van der Waals surface area contributed by atoms with Crippen molar-refractivity contribution in [2.75, 3.05) is 0 Å². The summed E-state index contributed by atoms with van der Waals surface area (Å²) in [5.41, 5.74) is -0.578. The number of aliphatic hydroxyl groups excluding tert-OH is 1. The maximum Gasteiger partial charge on any atom is 0.0895 e. The van der Waals surface area contributed by atoms with Crippen molar-refractivity contribution in [1.29, 1.82) is 0 Å². The van der Waals surface area contributed by atoms with E-state index in [-0.39, 0.29) is 23.2 Å². The molecule has 0 radical (unpaired) electrons. The van der Waals surface area contributed by atoms with Gasteiger partial charge in [0.2, 0.25) is 0 Å². The molecular formula is C9H18O2. The highest BCUT2D eigenvalue weighted by molar-refractivity contribution is 4.99. The van der Waals surface area contributed by atoms with Crippen molar-refractivity contribution in [1.82, 2.24) is 0 Å². The van der Waals surface area contributed by atoms with E-state index in [1.54, 1.807) is 0 Å². The Bertz CT molecular complexity index is 143. The van der Waals surface area contributed by atoms with E-state index in [9.17, 15) is 5.11 Å². The monoisotopic (exact) mass is 158 g/mol. The molecule has 2 atom stereocenters. The summed E-state index contributed by atoms with van der Waals surface area (Å²) in [5.74, 6) is 0.206. The number of hydrogen-bond donors (Lipinski definition) is 1. The van der Waals surface area contributed by atoms with E-state index >= 15 is 0 Å². The first-order chi connectivity index (χ1) is 4.77. The minimum Gasteiger partial charge on any atom is -0.390 e. The molecule has 0 aliphatic carbocycles. The highest BCUT2D eigenvalue weighted by atomic mass is 16.5. The van der Waals surface area contributed by atoms with Gasteiger partial charge in [-0.25, -0.2) is 0 Å². The topological polar surface area (TPSA) is 29.5 Å². The van der Waals surface area contributed by atoms with Crippen LogP contribution < -0.4 is 0 Å². The maximum atomic E-state index is 9.74. The smallest absolute Gasteiger partial charge is 0.0895 e. The lowest BCUT2D eigenvalue weighted by atomic mass is 9.86. The minimum absolute atomic E-state index is 0.192. The zero-order valence-electron chi connectivity index (χ0n) is 8.01. The van der Waals surface area contributed by atoms with E-state index in [4.69, 9.17) is 4.74 Å². The Balaban J connectivity index is 2.86. The van der Waals surface area contributed by atoms with Crippen LogP contribution in [0.1, 0.15) is 34.6 Å². The summed E-state index contributed by atoms with van der Waals surface area (Å²) < 4.78 is 5.71. The van der Waals surface area contributed by atoms with Gasteiger partial charge < -0.3 is 9.84 Å². The molecule has 1 N–H and O–H groups in total. The normalized spacial score (nSPS) is 40.9. The Labute approximate surface area is 68.6 Å². The fourth-order valence-electron chi connectivity index (χ4n) is 1.81. The second-order valence-electron chi connectivity index (χ2n) is 4.54. The van der Waals surface area contributed by atoms with Crippen LogP contribution in [0.25, 0.3) is 0 Å². The minimum atomic E-state index is -0.386. The van der Waals surface area contributed by atoms with E-state index in [1.165, 1.54) is 0 Å². The first-order valence-corrected chi connectivity index (χ1v) is 4.15. The van der Waals surface area contributed by atoms with Gasteiger partial charge in [-0.05, 0) is 27.7 Å². The van der Waals surface area contributed by atoms with Crippen molar-refractivity contribution in [2.24, 2.45) is 5.92 Å². The molecule has 0 saturated carbocycles. The van der Waals surface area contributed by atoms with Crippen LogP contribution in [0.5, 0.6) is 0 Å². The van der Waals surface area contributed by atoms with Crippen LogP contribution in [0.3, 0.4) is 0 Å². The third-order valence-corrected chi connectivity index (χ3v) is 2.81. The summed E-state index contributed by atoms with van der Waals surface area (Å²) in [6.45, 7) is 9.94. The Morgan fingerprint density at radius 1 is 1.09 bits per heavy atom. The lowest BCUT2D eigenvalue weighted by molar-refractivity contribution is -0.0904. The molecule has 1 aliphatic rings. The van der Waals surface area contributed by atoms with E-state index < -0.39 is 0 Å². The van der Waals surface area contributed by atoms with Crippen molar-refractivity contribution in [2.45, 2.75) is 51.9 Å². The SMILES string of the molecule is CC1C(O)C(C)(C)OC1(C)C. The number of hydrogen-bond acceptors (Lipinski definition) is 2. The van der Waals surface area contributed by atoms with Gasteiger partial charge in [0.25, 0.3) is 0 Å². The lowest BCUT2D eigenvalue weighted by Gasteiger charge is -2.25. The molecule has 11 heavy (non-hydrogen) atoms. The van der Waals surface area contributed by atoms with E-state index in [2.05, 4.69) is 0 Å². The standard InChI is InChI=1S/C9H18O2/c1-6-7(10)9(4,5)11-8(6,2)3/h6-7,10H,1-5H3. The van der Waals surface area contributed by atoms with Gasteiger partial charge in [0, 0.05) is 5.92 Å². The highest BCUT2D eigenvalue weighted by Crippen LogP contribution is 2.41. The van der Waals surface area contributed by atoms with Gasteiger partial charge in [-0.1, -0.05) is 6.92 Å². The molecule has 0 amide bonds. The van der Waals surface area contributed by atoms with E-state index in [0.717, 1.165) is 0 Å². The van der Waals surface area contributed by atoms with Crippen LogP contribution in [-0.2, 0) is 4.74 Å². The molecule has 1 saturated heterocycles. The third-order valence-electron chi connectivity index (χ3n) is 2.81. The summed E-state index contributed by atoms with van der Waals surface area (Å²) in [6, 6.07) is 0. The molecule has 2 unspecified atom stereocenters. The van der Waals surface area contributed by atoms with Crippen LogP contribution in [0.4, 0.5) is 0 Å². The number of rotatable bonds is 0. The fourth-order valence-corrected chi connectivity index (χ4v) is 1.81. The molecule has 66 valence electrons. The first-order valence-electron chi connectivity index (χ1n) is 4.15. The molecule has 2 nitrogen and oxygen atoms in total. The second-order valence-corrected chi connectivity index (χ2v) is 4.54. The van der Waals surface area contributed by atoms with Crippen molar-refractivity contribution in [3.63, 3.8) is 0 Å². The summed E-state index contributed by atoms with van der Waals surface area (Å²) in [7, 11) is 0. The van der Waals surface area contributed by atoms with Gasteiger partial charge in [0.15, 0.2) is 0 Å². The average Bonchev–Trinajstić information content (AvgIpc) is 1.91. The zero-order valence-corrected chi connectivity index (χ0v) is 8.01. The summed E-state index contributed by atoms with van der Waals surface area (Å²) in [5, 5.41) is 9.74. The molecule has 2 heteroatoms. The van der Waals surface area contributed by atoms with Gasteiger partial charge in [-0.15, -0.1) is 0 Å². The first kappa shape index (κ1) is 9.01. The van der Waals surface area contributed by atoms with Crippen molar-refractivity contribution >= 4 is 0 Å². The maximum absolute atomic E-state index is 9.74. The molecule has 1 heterocycles. The molecule has 0 aromatic rings. The molecule has 0 aromatic heterocycles. The second kappa shape index (κ2) is 2.20. The van der Waals surface area contributed by atoms with Crippen LogP contribution in [0.15, 0.2) is 0 Å². The van der Waals surface area contributed by atoms with Crippen LogP contribution in [0, 0.1) is 5.92 Å². The van der Waals surface area contributed by atoms with Crippen LogP contribution in [0.2, 0.25) is 0 Å². The Kier molecular flexibility index (Phi) is 1.81. The van der Waals surface area contributed by atoms with Gasteiger partial charge in [0.1, 0.15) is 0 Å². The predicted molar refractivity (Wildman–Crippen MR) is 44.4 cm³/mol. The molecule has 1 aliphatic heterocycles. The largest absolute Gasteiger partial charge is 0.390 e. The molecule has 1 rings (SSSR count). The molecule has 0 spiro atoms. The quantitative estimate of drug-likeness (QED) is 0.580. The Hall–Kier alpha value is -0.0800. The van der Waals surface area contributed by atoms with Gasteiger partial charge in [0.05, 0.1) is 17.3 Å². The Morgan fingerprint density at radius 2 is 1.55 bits per heavy atom. The zero-order chi connectivity index (χ0) is 8.86.